The molecule has 22 heavy (non-hydrogen) atoms. The van der Waals surface area contributed by atoms with E-state index in [0.29, 0.717) is 11.4 Å². The lowest BCUT2D eigenvalue weighted by Gasteiger charge is -2.09. The van der Waals surface area contributed by atoms with Crippen LogP contribution in [0.3, 0.4) is 0 Å². The van der Waals surface area contributed by atoms with Gasteiger partial charge < -0.3 is 10.6 Å². The predicted octanol–water partition coefficient (Wildman–Crippen LogP) is 4.41. The number of amides is 2. The lowest BCUT2D eigenvalue weighted by atomic mass is 10.2. The van der Waals surface area contributed by atoms with E-state index in [0.717, 1.165) is 20.1 Å². The van der Waals surface area contributed by atoms with Gasteiger partial charge in [-0.15, -0.1) is 0 Å². The van der Waals surface area contributed by atoms with Crippen LogP contribution >= 0.6 is 31.9 Å². The van der Waals surface area contributed by atoms with Gasteiger partial charge in [-0.1, -0.05) is 31.9 Å². The normalized spacial score (nSPS) is 10.2. The molecule has 0 spiro atoms. The lowest BCUT2D eigenvalue weighted by Crippen LogP contribution is -2.29. The van der Waals surface area contributed by atoms with Crippen molar-refractivity contribution >= 4 is 55.0 Å². The van der Waals surface area contributed by atoms with E-state index in [9.17, 15) is 9.59 Å². The Morgan fingerprint density at radius 2 is 1.14 bits per heavy atom. The van der Waals surface area contributed by atoms with Crippen LogP contribution in [0.25, 0.3) is 0 Å². The summed E-state index contributed by atoms with van der Waals surface area (Å²) in [5.74, 6) is -1.41. The highest BCUT2D eigenvalue weighted by atomic mass is 79.9. The molecule has 0 bridgehead atoms. The molecule has 0 aromatic heterocycles. The van der Waals surface area contributed by atoms with E-state index in [1.807, 2.05) is 26.0 Å². The van der Waals surface area contributed by atoms with Crippen molar-refractivity contribution in [1.82, 2.24) is 0 Å². The van der Waals surface area contributed by atoms with Crippen molar-refractivity contribution in [3.05, 3.63) is 56.5 Å². The van der Waals surface area contributed by atoms with Crippen molar-refractivity contribution in [2.24, 2.45) is 0 Å². The van der Waals surface area contributed by atoms with Gasteiger partial charge in [-0.05, 0) is 61.4 Å². The van der Waals surface area contributed by atoms with Crippen molar-refractivity contribution in [3.63, 3.8) is 0 Å². The summed E-state index contributed by atoms with van der Waals surface area (Å²) in [6.07, 6.45) is 0. The molecule has 6 heteroatoms. The molecule has 2 aromatic carbocycles. The van der Waals surface area contributed by atoms with Crippen LogP contribution in [0.5, 0.6) is 0 Å². The maximum Gasteiger partial charge on any atom is 0.314 e. The highest BCUT2D eigenvalue weighted by molar-refractivity contribution is 9.10. The fraction of sp³-hybridized carbons (Fsp3) is 0.125. The fourth-order valence-corrected chi connectivity index (χ4v) is 2.31. The second-order valence-corrected chi connectivity index (χ2v) is 6.54. The second kappa shape index (κ2) is 7.07. The fourth-order valence-electron chi connectivity index (χ4n) is 1.82. The van der Waals surface area contributed by atoms with Gasteiger partial charge in [0, 0.05) is 20.3 Å². The van der Waals surface area contributed by atoms with Gasteiger partial charge >= 0.3 is 11.8 Å². The van der Waals surface area contributed by atoms with E-state index >= 15 is 0 Å². The Kier molecular flexibility index (Phi) is 5.37. The topological polar surface area (TPSA) is 58.2 Å². The minimum atomic E-state index is -0.706. The third-order valence-electron chi connectivity index (χ3n) is 3.04. The first-order valence-corrected chi connectivity index (χ1v) is 8.10. The predicted molar refractivity (Wildman–Crippen MR) is 95.0 cm³/mol. The molecule has 0 heterocycles. The Bertz CT molecular complexity index is 681. The number of aryl methyl sites for hydroxylation is 2. The Hall–Kier alpha value is -1.66. The van der Waals surface area contributed by atoms with Crippen LogP contribution in [-0.2, 0) is 9.59 Å². The average molecular weight is 426 g/mol. The van der Waals surface area contributed by atoms with Crippen LogP contribution in [0.1, 0.15) is 11.1 Å². The number of anilines is 2. The van der Waals surface area contributed by atoms with Crippen LogP contribution in [-0.4, -0.2) is 11.8 Å². The van der Waals surface area contributed by atoms with Gasteiger partial charge in [-0.25, -0.2) is 0 Å². The molecular formula is C16H14Br2N2O2. The Morgan fingerprint density at radius 3 is 1.45 bits per heavy atom. The minimum absolute atomic E-state index is 0.577. The zero-order chi connectivity index (χ0) is 16.3. The number of rotatable bonds is 2. The van der Waals surface area contributed by atoms with E-state index in [1.54, 1.807) is 24.3 Å². The van der Waals surface area contributed by atoms with E-state index in [4.69, 9.17) is 0 Å². The number of hydrogen-bond acceptors (Lipinski definition) is 2. The molecule has 4 nitrogen and oxygen atoms in total. The highest BCUT2D eigenvalue weighted by Gasteiger charge is 2.14. The summed E-state index contributed by atoms with van der Waals surface area (Å²) in [5, 5.41) is 5.15. The molecule has 2 N–H and O–H groups in total. The summed E-state index contributed by atoms with van der Waals surface area (Å²) < 4.78 is 1.89. The summed E-state index contributed by atoms with van der Waals surface area (Å²) in [6.45, 7) is 3.81. The molecular weight excluding hydrogens is 412 g/mol. The lowest BCUT2D eigenvalue weighted by molar-refractivity contribution is -0.132. The molecule has 0 aliphatic rings. The smallest absolute Gasteiger partial charge is 0.314 e. The van der Waals surface area contributed by atoms with Crippen LogP contribution < -0.4 is 10.6 Å². The van der Waals surface area contributed by atoms with E-state index < -0.39 is 11.8 Å². The third-order valence-corrected chi connectivity index (χ3v) is 4.82. The van der Waals surface area contributed by atoms with Crippen molar-refractivity contribution < 1.29 is 9.59 Å². The molecule has 0 atom stereocenters. The first-order valence-electron chi connectivity index (χ1n) is 6.51. The van der Waals surface area contributed by atoms with E-state index in [-0.39, 0.29) is 0 Å². The van der Waals surface area contributed by atoms with Crippen molar-refractivity contribution in [1.29, 1.82) is 0 Å². The van der Waals surface area contributed by atoms with Gasteiger partial charge in [0.2, 0.25) is 0 Å². The molecule has 2 rings (SSSR count). The van der Waals surface area contributed by atoms with Crippen molar-refractivity contribution in [2.75, 3.05) is 10.6 Å². The Balaban J connectivity index is 2.04. The molecule has 0 saturated heterocycles. The van der Waals surface area contributed by atoms with Crippen LogP contribution in [0.2, 0.25) is 0 Å². The number of halogens is 2. The van der Waals surface area contributed by atoms with Gasteiger partial charge in [-0.2, -0.15) is 0 Å². The maximum atomic E-state index is 11.9. The van der Waals surface area contributed by atoms with Crippen molar-refractivity contribution in [3.8, 4) is 0 Å². The molecule has 0 unspecified atom stereocenters. The molecule has 0 saturated carbocycles. The van der Waals surface area contributed by atoms with Gasteiger partial charge in [0.05, 0.1) is 0 Å². The van der Waals surface area contributed by atoms with E-state index in [1.165, 1.54) is 0 Å². The summed E-state index contributed by atoms with van der Waals surface area (Å²) >= 11 is 6.77. The molecule has 2 amide bonds. The maximum absolute atomic E-state index is 11.9. The zero-order valence-corrected chi connectivity index (χ0v) is 15.2. The molecule has 0 aliphatic heterocycles. The minimum Gasteiger partial charge on any atom is -0.318 e. The number of carbonyl (C=O) groups is 2. The van der Waals surface area contributed by atoms with E-state index in [2.05, 4.69) is 42.5 Å². The molecule has 114 valence electrons. The highest BCUT2D eigenvalue weighted by Crippen LogP contribution is 2.21. The third kappa shape index (κ3) is 4.18. The zero-order valence-electron chi connectivity index (χ0n) is 12.0. The van der Waals surface area contributed by atoms with Crippen LogP contribution in [0.15, 0.2) is 45.3 Å². The summed E-state index contributed by atoms with van der Waals surface area (Å²) in [6, 6.07) is 10.7. The van der Waals surface area contributed by atoms with Crippen molar-refractivity contribution in [2.45, 2.75) is 13.8 Å². The van der Waals surface area contributed by atoms with Gasteiger partial charge in [0.25, 0.3) is 0 Å². The quantitative estimate of drug-likeness (QED) is 0.700. The number of carbonyl (C=O) groups excluding carboxylic acids is 2. The van der Waals surface area contributed by atoms with Gasteiger partial charge in [0.15, 0.2) is 0 Å². The first-order chi connectivity index (χ1) is 10.4. The molecule has 0 fully saturated rings. The summed E-state index contributed by atoms with van der Waals surface area (Å²) in [7, 11) is 0. The SMILES string of the molecule is Cc1cc(NC(=O)C(=O)Nc2ccc(Br)c(C)c2)ccc1Br. The first kappa shape index (κ1) is 16.7. The molecule has 0 radical (unpaired) electrons. The summed E-state index contributed by atoms with van der Waals surface area (Å²) in [5.41, 5.74) is 3.10. The number of nitrogens with one attached hydrogen (secondary N) is 2. The average Bonchev–Trinajstić information content (AvgIpc) is 2.46. The Morgan fingerprint density at radius 1 is 0.773 bits per heavy atom. The second-order valence-electron chi connectivity index (χ2n) is 4.84. The van der Waals surface area contributed by atoms with Gasteiger partial charge in [0.1, 0.15) is 0 Å². The van der Waals surface area contributed by atoms with Crippen LogP contribution in [0, 0.1) is 13.8 Å². The van der Waals surface area contributed by atoms with Gasteiger partial charge in [-0.3, -0.25) is 9.59 Å². The standard InChI is InChI=1S/C16H14Br2N2O2/c1-9-7-11(3-5-13(9)17)19-15(21)16(22)20-12-4-6-14(18)10(2)8-12/h3-8H,1-2H3,(H,19,21)(H,20,22). The monoisotopic (exact) mass is 424 g/mol. The number of benzene rings is 2. The largest absolute Gasteiger partial charge is 0.318 e. The molecule has 2 aromatic rings. The summed E-state index contributed by atoms with van der Waals surface area (Å²) in [4.78, 5) is 23.8. The van der Waals surface area contributed by atoms with Crippen LogP contribution in [0.4, 0.5) is 11.4 Å². The number of hydrogen-bond donors (Lipinski definition) is 2. The Labute approximate surface area is 145 Å². The molecule has 0 aliphatic carbocycles.